The van der Waals surface area contributed by atoms with Gasteiger partial charge in [-0.1, -0.05) is 55.2 Å². The van der Waals surface area contributed by atoms with Gasteiger partial charge in [0.15, 0.2) is 0 Å². The van der Waals surface area contributed by atoms with Gasteiger partial charge in [0.1, 0.15) is 16.8 Å². The number of carbonyl (C=O) groups excluding carboxylic acids is 2. The van der Waals surface area contributed by atoms with Crippen LogP contribution in [0.1, 0.15) is 47.3 Å². The minimum Gasteiger partial charge on any atom is -0.489 e. The molecule has 168 valence electrons. The highest BCUT2D eigenvalue weighted by Gasteiger charge is 2.60. The summed E-state index contributed by atoms with van der Waals surface area (Å²) in [7, 11) is 0. The van der Waals surface area contributed by atoms with Crippen LogP contribution in [-0.4, -0.2) is 11.8 Å². The average molecular weight is 473 g/mol. The Labute approximate surface area is 198 Å². The van der Waals surface area contributed by atoms with Gasteiger partial charge in [-0.2, -0.15) is 0 Å². The van der Waals surface area contributed by atoms with Gasteiger partial charge in [0.2, 0.25) is 5.91 Å². The Hall–Kier alpha value is -2.50. The Morgan fingerprint density at radius 2 is 1.88 bits per heavy atom. The summed E-state index contributed by atoms with van der Waals surface area (Å²) in [5, 5.41) is 0. The van der Waals surface area contributed by atoms with Gasteiger partial charge in [0.05, 0.1) is 5.92 Å². The maximum absolute atomic E-state index is 12.5. The molecule has 2 N–H and O–H groups in total. The first-order chi connectivity index (χ1) is 15.3. The molecular weight excluding hydrogens is 447 g/mol. The second-order valence-corrected chi connectivity index (χ2v) is 10.0. The molecule has 0 saturated heterocycles. The lowest BCUT2D eigenvalue weighted by Crippen LogP contribution is -2.43. The van der Waals surface area contributed by atoms with E-state index in [0.717, 1.165) is 24.2 Å². The summed E-state index contributed by atoms with van der Waals surface area (Å²) in [5.74, 6) is -0.194. The lowest BCUT2D eigenvalue weighted by molar-refractivity contribution is -0.123. The molecule has 1 fully saturated rings. The standard InChI is InChI=1S/C25H26Cl2N2O3/c1-25(2)20(13-21(26)27)22(25)24(31)29-28-23(30)18-8-3-5-15(11-18)14-32-19-10-9-16-6-4-7-17(16)12-19/h3,5,8-13,20,22H,4,6-7,14H2,1-2H3,(H,28,30)(H,29,31)/t20-,22-/m0/s1. The number of hydrogen-bond acceptors (Lipinski definition) is 3. The summed E-state index contributed by atoms with van der Waals surface area (Å²) in [5.41, 5.74) is 8.82. The van der Waals surface area contributed by atoms with Gasteiger partial charge in [-0.05, 0) is 77.6 Å². The number of aryl methyl sites for hydroxylation is 2. The third-order valence-electron chi connectivity index (χ3n) is 6.46. The molecule has 2 atom stereocenters. The van der Waals surface area contributed by atoms with Crippen molar-refractivity contribution in [1.29, 1.82) is 0 Å². The number of benzene rings is 2. The molecule has 0 bridgehead atoms. The van der Waals surface area contributed by atoms with Crippen molar-refractivity contribution in [3.63, 3.8) is 0 Å². The minimum atomic E-state index is -0.390. The second kappa shape index (κ2) is 9.16. The van der Waals surface area contributed by atoms with Crippen molar-refractivity contribution in [3.8, 4) is 5.75 Å². The molecule has 0 unspecified atom stereocenters. The number of allylic oxidation sites excluding steroid dienone is 1. The summed E-state index contributed by atoms with van der Waals surface area (Å²) < 4.78 is 6.07. The van der Waals surface area contributed by atoms with Crippen molar-refractivity contribution >= 4 is 35.0 Å². The van der Waals surface area contributed by atoms with Gasteiger partial charge in [-0.25, -0.2) is 0 Å². The van der Waals surface area contributed by atoms with Crippen LogP contribution in [0.3, 0.4) is 0 Å². The first kappa shape index (κ1) is 22.7. The molecule has 4 rings (SSSR count). The largest absolute Gasteiger partial charge is 0.489 e. The van der Waals surface area contributed by atoms with Crippen molar-refractivity contribution in [1.82, 2.24) is 10.9 Å². The van der Waals surface area contributed by atoms with Gasteiger partial charge < -0.3 is 4.74 Å². The third kappa shape index (κ3) is 4.94. The number of hydrogen-bond donors (Lipinski definition) is 2. The van der Waals surface area contributed by atoms with Crippen molar-refractivity contribution < 1.29 is 14.3 Å². The molecule has 0 heterocycles. The van der Waals surface area contributed by atoms with E-state index in [-0.39, 0.29) is 27.6 Å². The van der Waals surface area contributed by atoms with Crippen LogP contribution in [-0.2, 0) is 24.2 Å². The highest BCUT2D eigenvalue weighted by atomic mass is 35.5. The molecule has 2 aliphatic rings. The maximum atomic E-state index is 12.5. The lowest BCUT2D eigenvalue weighted by atomic mass is 10.1. The third-order valence-corrected chi connectivity index (χ3v) is 6.71. The molecule has 2 aliphatic carbocycles. The SMILES string of the molecule is CC1(C)[C@H](C(=O)NNC(=O)c2cccc(COc3ccc4c(c3)CCC4)c2)[C@@H]1C=C(Cl)Cl. The van der Waals surface area contributed by atoms with E-state index in [1.165, 1.54) is 17.5 Å². The van der Waals surface area contributed by atoms with Crippen LogP contribution in [0.2, 0.25) is 0 Å². The number of rotatable bonds is 6. The van der Waals surface area contributed by atoms with Gasteiger partial charge >= 0.3 is 0 Å². The van der Waals surface area contributed by atoms with Crippen molar-refractivity contribution in [2.75, 3.05) is 0 Å². The van der Waals surface area contributed by atoms with Gasteiger partial charge in [0.25, 0.3) is 5.91 Å². The minimum absolute atomic E-state index is 0.0657. The van der Waals surface area contributed by atoms with Crippen molar-refractivity contribution in [2.24, 2.45) is 17.3 Å². The van der Waals surface area contributed by atoms with E-state index in [0.29, 0.717) is 12.2 Å². The maximum Gasteiger partial charge on any atom is 0.269 e. The molecule has 5 nitrogen and oxygen atoms in total. The molecule has 0 spiro atoms. The van der Waals surface area contributed by atoms with Crippen molar-refractivity contribution in [3.05, 3.63) is 75.3 Å². The molecule has 2 aromatic carbocycles. The summed E-state index contributed by atoms with van der Waals surface area (Å²) in [6.07, 6.45) is 5.10. The number of nitrogens with one attached hydrogen (secondary N) is 2. The number of carbonyl (C=O) groups is 2. The topological polar surface area (TPSA) is 67.4 Å². The van der Waals surface area contributed by atoms with Crippen LogP contribution in [0, 0.1) is 17.3 Å². The summed E-state index contributed by atoms with van der Waals surface area (Å²) >= 11 is 11.5. The molecule has 2 aromatic rings. The fraction of sp³-hybridized carbons (Fsp3) is 0.360. The molecule has 7 heteroatoms. The number of hydrazine groups is 1. The van der Waals surface area contributed by atoms with E-state index >= 15 is 0 Å². The first-order valence-corrected chi connectivity index (χ1v) is 11.5. The van der Waals surface area contributed by atoms with Crippen LogP contribution >= 0.6 is 23.2 Å². The zero-order valence-electron chi connectivity index (χ0n) is 18.1. The Morgan fingerprint density at radius 1 is 1.09 bits per heavy atom. The van der Waals surface area contributed by atoms with Gasteiger partial charge in [0, 0.05) is 5.56 Å². The lowest BCUT2D eigenvalue weighted by Gasteiger charge is -2.11. The van der Waals surface area contributed by atoms with E-state index in [1.54, 1.807) is 24.3 Å². The highest BCUT2D eigenvalue weighted by molar-refractivity contribution is 6.55. The molecule has 32 heavy (non-hydrogen) atoms. The predicted octanol–water partition coefficient (Wildman–Crippen LogP) is 5.11. The number of halogens is 2. The van der Waals surface area contributed by atoms with Crippen molar-refractivity contribution in [2.45, 2.75) is 39.7 Å². The van der Waals surface area contributed by atoms with E-state index < -0.39 is 5.91 Å². The number of amides is 2. The van der Waals surface area contributed by atoms with E-state index in [2.05, 4.69) is 23.0 Å². The second-order valence-electron chi connectivity index (χ2n) is 9.00. The molecule has 0 aliphatic heterocycles. The monoisotopic (exact) mass is 472 g/mol. The first-order valence-electron chi connectivity index (χ1n) is 10.7. The van der Waals surface area contributed by atoms with E-state index in [1.807, 2.05) is 26.0 Å². The van der Waals surface area contributed by atoms with Crippen LogP contribution in [0.4, 0.5) is 0 Å². The highest BCUT2D eigenvalue weighted by Crippen LogP contribution is 2.59. The summed E-state index contributed by atoms with van der Waals surface area (Å²) in [6.45, 7) is 4.28. The molecular formula is C25H26Cl2N2O3. The Balaban J connectivity index is 1.31. The van der Waals surface area contributed by atoms with Crippen LogP contribution in [0.25, 0.3) is 0 Å². The number of ether oxygens (including phenoxy) is 1. The predicted molar refractivity (Wildman–Crippen MR) is 125 cm³/mol. The zero-order chi connectivity index (χ0) is 22.9. The smallest absolute Gasteiger partial charge is 0.269 e. The fourth-order valence-electron chi connectivity index (χ4n) is 4.50. The Morgan fingerprint density at radius 3 is 2.66 bits per heavy atom. The molecule has 0 aromatic heterocycles. The summed E-state index contributed by atoms with van der Waals surface area (Å²) in [6, 6.07) is 13.4. The van der Waals surface area contributed by atoms with Gasteiger partial charge in [-0.15, -0.1) is 0 Å². The number of fused-ring (bicyclic) bond motifs is 1. The van der Waals surface area contributed by atoms with Crippen LogP contribution in [0.15, 0.2) is 53.0 Å². The summed E-state index contributed by atoms with van der Waals surface area (Å²) in [4.78, 5) is 25.0. The average Bonchev–Trinajstić information content (AvgIpc) is 3.09. The van der Waals surface area contributed by atoms with Gasteiger partial charge in [-0.3, -0.25) is 20.4 Å². The molecule has 2 amide bonds. The zero-order valence-corrected chi connectivity index (χ0v) is 19.6. The fourth-order valence-corrected chi connectivity index (χ4v) is 4.77. The van der Waals surface area contributed by atoms with E-state index in [9.17, 15) is 9.59 Å². The quantitative estimate of drug-likeness (QED) is 0.574. The Kier molecular flexibility index (Phi) is 6.50. The van der Waals surface area contributed by atoms with E-state index in [4.69, 9.17) is 27.9 Å². The van der Waals surface area contributed by atoms with Crippen LogP contribution in [0.5, 0.6) is 5.75 Å². The molecule has 0 radical (unpaired) electrons. The normalized spacial score (nSPS) is 20.1. The Bertz CT molecular complexity index is 1080. The van der Waals surface area contributed by atoms with Crippen LogP contribution < -0.4 is 15.6 Å². The molecule has 1 saturated carbocycles.